The largest absolute Gasteiger partial charge is 0.481 e. The van der Waals surface area contributed by atoms with E-state index in [1.54, 1.807) is 0 Å². The van der Waals surface area contributed by atoms with E-state index >= 15 is 0 Å². The van der Waals surface area contributed by atoms with Crippen LogP contribution in [0.15, 0.2) is 6.07 Å². The zero-order valence-electron chi connectivity index (χ0n) is 10.4. The number of aromatic nitrogens is 1. The number of carbonyl (C=O) groups is 1. The third kappa shape index (κ3) is 2.64. The number of hydrogen-bond donors (Lipinski definition) is 1. The molecule has 1 aromatic rings. The molecule has 1 aliphatic heterocycles. The molecule has 1 aromatic heterocycles. The van der Waals surface area contributed by atoms with Crippen molar-refractivity contribution < 1.29 is 9.90 Å². The lowest BCUT2D eigenvalue weighted by atomic mass is 10.0. The standard InChI is InChI=1S/C13H18N2O2/c1-3-15-5-4-12-11(8-15)6-10(7-13(16)17)9(2)14-12/h6H,3-5,7-8H2,1-2H3,(H,16,17). The number of fused-ring (bicyclic) bond motifs is 1. The molecule has 0 fully saturated rings. The molecule has 0 aliphatic carbocycles. The molecule has 0 atom stereocenters. The van der Waals surface area contributed by atoms with Crippen molar-refractivity contribution >= 4 is 5.97 Å². The fraction of sp³-hybridized carbons (Fsp3) is 0.538. The number of carboxylic acids is 1. The maximum absolute atomic E-state index is 10.8. The topological polar surface area (TPSA) is 53.4 Å². The highest BCUT2D eigenvalue weighted by atomic mass is 16.4. The molecular weight excluding hydrogens is 216 g/mol. The third-order valence-electron chi connectivity index (χ3n) is 3.33. The van der Waals surface area contributed by atoms with Crippen LogP contribution in [-0.2, 0) is 24.2 Å². The first-order valence-corrected chi connectivity index (χ1v) is 6.02. The van der Waals surface area contributed by atoms with Crippen LogP contribution in [0.5, 0.6) is 0 Å². The molecule has 0 unspecified atom stereocenters. The lowest BCUT2D eigenvalue weighted by Crippen LogP contribution is -2.31. The summed E-state index contributed by atoms with van der Waals surface area (Å²) in [6.45, 7) is 7.01. The Morgan fingerprint density at radius 1 is 1.59 bits per heavy atom. The van der Waals surface area contributed by atoms with Crippen molar-refractivity contribution in [2.45, 2.75) is 33.2 Å². The van der Waals surface area contributed by atoms with Crippen molar-refractivity contribution in [3.05, 3.63) is 28.6 Å². The summed E-state index contributed by atoms with van der Waals surface area (Å²) in [6.07, 6.45) is 1.04. The normalized spacial score (nSPS) is 15.6. The number of hydrogen-bond acceptors (Lipinski definition) is 3. The quantitative estimate of drug-likeness (QED) is 0.858. The van der Waals surface area contributed by atoms with Crippen LogP contribution in [0.25, 0.3) is 0 Å². The summed E-state index contributed by atoms with van der Waals surface area (Å²) in [6, 6.07) is 2.02. The summed E-state index contributed by atoms with van der Waals surface area (Å²) in [7, 11) is 0. The van der Waals surface area contributed by atoms with E-state index in [4.69, 9.17) is 5.11 Å². The third-order valence-corrected chi connectivity index (χ3v) is 3.33. The highest BCUT2D eigenvalue weighted by molar-refractivity contribution is 5.70. The molecule has 4 heteroatoms. The molecule has 0 saturated heterocycles. The average Bonchev–Trinajstić information content (AvgIpc) is 2.29. The van der Waals surface area contributed by atoms with Crippen molar-refractivity contribution in [2.75, 3.05) is 13.1 Å². The predicted octanol–water partition coefficient (Wildman–Crippen LogP) is 1.40. The summed E-state index contributed by atoms with van der Waals surface area (Å²) in [5.41, 5.74) is 4.03. The van der Waals surface area contributed by atoms with Crippen molar-refractivity contribution in [3.8, 4) is 0 Å². The van der Waals surface area contributed by atoms with E-state index in [0.29, 0.717) is 0 Å². The molecule has 1 N–H and O–H groups in total. The molecular formula is C13H18N2O2. The van der Waals surface area contributed by atoms with Crippen LogP contribution in [0.1, 0.15) is 29.4 Å². The second kappa shape index (κ2) is 4.84. The zero-order chi connectivity index (χ0) is 12.4. The van der Waals surface area contributed by atoms with E-state index in [-0.39, 0.29) is 6.42 Å². The molecule has 2 heterocycles. The van der Waals surface area contributed by atoms with Crippen molar-refractivity contribution in [1.82, 2.24) is 9.88 Å². The summed E-state index contributed by atoms with van der Waals surface area (Å²) in [5, 5.41) is 8.86. The van der Waals surface area contributed by atoms with Gasteiger partial charge in [-0.3, -0.25) is 14.7 Å². The fourth-order valence-electron chi connectivity index (χ4n) is 2.29. The molecule has 0 radical (unpaired) electrons. The van der Waals surface area contributed by atoms with E-state index in [1.165, 1.54) is 5.56 Å². The van der Waals surface area contributed by atoms with Crippen LogP contribution in [0.3, 0.4) is 0 Å². The Morgan fingerprint density at radius 3 is 3.00 bits per heavy atom. The Morgan fingerprint density at radius 2 is 2.35 bits per heavy atom. The van der Waals surface area contributed by atoms with Crippen LogP contribution in [0, 0.1) is 6.92 Å². The molecule has 2 rings (SSSR count). The number of nitrogens with zero attached hydrogens (tertiary/aromatic N) is 2. The van der Waals surface area contributed by atoms with Gasteiger partial charge in [0.05, 0.1) is 6.42 Å². The first-order chi connectivity index (χ1) is 8.10. The summed E-state index contributed by atoms with van der Waals surface area (Å²) < 4.78 is 0. The number of pyridine rings is 1. The maximum Gasteiger partial charge on any atom is 0.307 e. The number of aryl methyl sites for hydroxylation is 1. The number of aliphatic carboxylic acids is 1. The van der Waals surface area contributed by atoms with Crippen LogP contribution in [0.2, 0.25) is 0 Å². The van der Waals surface area contributed by atoms with Crippen molar-refractivity contribution in [1.29, 1.82) is 0 Å². The van der Waals surface area contributed by atoms with Gasteiger partial charge in [-0.25, -0.2) is 0 Å². The van der Waals surface area contributed by atoms with E-state index in [0.717, 1.165) is 43.0 Å². The predicted molar refractivity (Wildman–Crippen MR) is 65.0 cm³/mol. The van der Waals surface area contributed by atoms with Gasteiger partial charge in [0, 0.05) is 30.9 Å². The summed E-state index contributed by atoms with van der Waals surface area (Å²) in [5.74, 6) is -0.794. The van der Waals surface area contributed by atoms with E-state index in [9.17, 15) is 4.79 Å². The molecule has 0 aromatic carbocycles. The van der Waals surface area contributed by atoms with Crippen LogP contribution < -0.4 is 0 Å². The lowest BCUT2D eigenvalue weighted by molar-refractivity contribution is -0.136. The molecule has 4 nitrogen and oxygen atoms in total. The van der Waals surface area contributed by atoms with Gasteiger partial charge in [-0.15, -0.1) is 0 Å². The zero-order valence-corrected chi connectivity index (χ0v) is 10.4. The second-order valence-corrected chi connectivity index (χ2v) is 4.53. The van der Waals surface area contributed by atoms with Gasteiger partial charge in [-0.1, -0.05) is 13.0 Å². The number of likely N-dealkylation sites (N-methyl/N-ethyl adjacent to an activating group) is 1. The average molecular weight is 234 g/mol. The second-order valence-electron chi connectivity index (χ2n) is 4.53. The molecule has 17 heavy (non-hydrogen) atoms. The Bertz CT molecular complexity index is 443. The first-order valence-electron chi connectivity index (χ1n) is 6.02. The van der Waals surface area contributed by atoms with E-state index in [1.807, 2.05) is 13.0 Å². The van der Waals surface area contributed by atoms with Crippen LogP contribution >= 0.6 is 0 Å². The van der Waals surface area contributed by atoms with Crippen molar-refractivity contribution in [3.63, 3.8) is 0 Å². The van der Waals surface area contributed by atoms with Gasteiger partial charge in [0.1, 0.15) is 0 Å². The van der Waals surface area contributed by atoms with Gasteiger partial charge < -0.3 is 5.11 Å². The molecule has 0 saturated carbocycles. The summed E-state index contributed by atoms with van der Waals surface area (Å²) in [4.78, 5) is 17.7. The van der Waals surface area contributed by atoms with E-state index in [2.05, 4.69) is 16.8 Å². The number of carboxylic acid groups (broad SMARTS) is 1. The maximum atomic E-state index is 10.8. The first kappa shape index (κ1) is 12.0. The molecule has 0 amide bonds. The van der Waals surface area contributed by atoms with Gasteiger partial charge in [0.2, 0.25) is 0 Å². The Labute approximate surface area is 101 Å². The Hall–Kier alpha value is -1.42. The summed E-state index contributed by atoms with van der Waals surface area (Å²) >= 11 is 0. The van der Waals surface area contributed by atoms with Gasteiger partial charge in [-0.2, -0.15) is 0 Å². The highest BCUT2D eigenvalue weighted by Gasteiger charge is 2.18. The minimum absolute atomic E-state index is 0.0677. The SMILES string of the molecule is CCN1CCc2nc(C)c(CC(=O)O)cc2C1. The van der Waals surface area contributed by atoms with Gasteiger partial charge >= 0.3 is 5.97 Å². The minimum Gasteiger partial charge on any atom is -0.481 e. The van der Waals surface area contributed by atoms with Gasteiger partial charge in [0.25, 0.3) is 0 Å². The van der Waals surface area contributed by atoms with Crippen LogP contribution in [-0.4, -0.2) is 34.0 Å². The molecule has 0 spiro atoms. The van der Waals surface area contributed by atoms with Crippen LogP contribution in [0.4, 0.5) is 0 Å². The van der Waals surface area contributed by atoms with E-state index < -0.39 is 5.97 Å². The Balaban J connectivity index is 2.30. The minimum atomic E-state index is -0.794. The molecule has 92 valence electrons. The van der Waals surface area contributed by atoms with Gasteiger partial charge in [-0.05, 0) is 24.6 Å². The smallest absolute Gasteiger partial charge is 0.307 e. The van der Waals surface area contributed by atoms with Gasteiger partial charge in [0.15, 0.2) is 0 Å². The number of rotatable bonds is 3. The Kier molecular flexibility index (Phi) is 3.43. The lowest BCUT2D eigenvalue weighted by Gasteiger charge is -2.27. The molecule has 1 aliphatic rings. The van der Waals surface area contributed by atoms with Crippen molar-refractivity contribution in [2.24, 2.45) is 0 Å². The monoisotopic (exact) mass is 234 g/mol. The molecule has 0 bridgehead atoms. The highest BCUT2D eigenvalue weighted by Crippen LogP contribution is 2.20. The fourth-order valence-corrected chi connectivity index (χ4v) is 2.29.